The molecule has 4 fully saturated rings. The summed E-state index contributed by atoms with van der Waals surface area (Å²) >= 11 is 0. The number of amides is 1. The van der Waals surface area contributed by atoms with Gasteiger partial charge in [-0.1, -0.05) is 12.1 Å². The van der Waals surface area contributed by atoms with E-state index < -0.39 is 34.9 Å². The molecule has 1 amide bonds. The Labute approximate surface area is 379 Å². The van der Waals surface area contributed by atoms with Gasteiger partial charge in [0.25, 0.3) is 5.91 Å². The first-order valence-electron chi connectivity index (χ1n) is 22.8. The molecule has 9 heterocycles. The minimum atomic E-state index is -0.913. The van der Waals surface area contributed by atoms with Crippen molar-refractivity contribution in [2.75, 3.05) is 19.8 Å². The molecule has 2 saturated carbocycles. The van der Waals surface area contributed by atoms with Gasteiger partial charge in [-0.25, -0.2) is 23.1 Å². The van der Waals surface area contributed by atoms with E-state index in [-0.39, 0.29) is 59.9 Å². The molecule has 0 radical (unpaired) electrons. The Bertz CT molecular complexity index is 3510. The molecule has 5 aliphatic rings. The number of pyridine rings is 1. The molecular weight excluding hydrogens is 865 g/mol. The van der Waals surface area contributed by atoms with Gasteiger partial charge >= 0.3 is 11.4 Å². The number of hydrogen-bond donors (Lipinski definition) is 1. The minimum Gasteiger partial charge on any atom is -0.377 e. The van der Waals surface area contributed by atoms with E-state index in [1.165, 1.54) is 27.6 Å². The maximum atomic E-state index is 16.2. The van der Waals surface area contributed by atoms with E-state index in [1.807, 2.05) is 28.7 Å². The lowest BCUT2D eigenvalue weighted by molar-refractivity contribution is -0.0441. The number of hydrogen-bond acceptors (Lipinski definition) is 10. The van der Waals surface area contributed by atoms with Crippen molar-refractivity contribution in [3.63, 3.8) is 0 Å². The number of rotatable bonds is 7. The van der Waals surface area contributed by atoms with Gasteiger partial charge in [-0.2, -0.15) is 10.2 Å². The van der Waals surface area contributed by atoms with Crippen LogP contribution in [0.1, 0.15) is 95.4 Å². The van der Waals surface area contributed by atoms with Gasteiger partial charge in [0.2, 0.25) is 0 Å². The molecule has 5 atom stereocenters. The predicted octanol–water partition coefficient (Wildman–Crippen LogP) is 5.97. The summed E-state index contributed by atoms with van der Waals surface area (Å²) in [5.41, 5.74) is 3.55. The number of ether oxygens (including phenoxy) is 2. The number of H-pyrrole nitrogens is 1. The lowest BCUT2D eigenvalue weighted by Gasteiger charge is -2.45. The summed E-state index contributed by atoms with van der Waals surface area (Å²) in [5.74, 6) is -1.16. The molecule has 17 nitrogen and oxygen atoms in total. The Morgan fingerprint density at radius 2 is 1.75 bits per heavy atom. The number of benzene rings is 2. The fourth-order valence-electron chi connectivity index (χ4n) is 11.6. The Morgan fingerprint density at radius 1 is 0.955 bits per heavy atom. The van der Waals surface area contributed by atoms with Crippen LogP contribution in [0.3, 0.4) is 0 Å². The van der Waals surface area contributed by atoms with Crippen molar-refractivity contribution in [2.24, 2.45) is 13.0 Å². The third kappa shape index (κ3) is 5.79. The summed E-state index contributed by atoms with van der Waals surface area (Å²) in [6.45, 7) is 6.36. The molecule has 0 unspecified atom stereocenters. The first kappa shape index (κ1) is 40.3. The number of aryl methyl sites for hydroxylation is 3. The van der Waals surface area contributed by atoms with Crippen LogP contribution in [0.2, 0.25) is 0 Å². The first-order chi connectivity index (χ1) is 32.3. The van der Waals surface area contributed by atoms with Gasteiger partial charge in [0.1, 0.15) is 22.9 Å². The SMILES string of the molecule is Cc1cc(-n2nc3c(c2-n2ccn(-c4ccc5c(cnn5C)c4F)c2=O)[C@@H]2COC[C@H](C3)N2C(=O)c2cc3cc([C@H]4CCOC5(CC5)C4)ncc3n2[C@@]2(c3noc(=O)[nH]3)C[C@@H]2C)cc(C)c1F. The van der Waals surface area contributed by atoms with Crippen LogP contribution in [0.25, 0.3) is 39.0 Å². The van der Waals surface area contributed by atoms with Crippen LogP contribution < -0.4 is 11.4 Å². The number of fused-ring (bicyclic) bond motifs is 6. The average Bonchev–Trinajstić information content (AvgIpc) is 3.73. The van der Waals surface area contributed by atoms with Gasteiger partial charge in [0.05, 0.1) is 76.8 Å². The molecule has 8 aromatic rings. The summed E-state index contributed by atoms with van der Waals surface area (Å²) in [4.78, 5) is 52.8. The van der Waals surface area contributed by atoms with Crippen LogP contribution in [-0.4, -0.2) is 90.7 Å². The average molecular weight is 910 g/mol. The smallest absolute Gasteiger partial charge is 0.377 e. The maximum Gasteiger partial charge on any atom is 0.438 e. The molecule has 2 bridgehead atoms. The van der Waals surface area contributed by atoms with Gasteiger partial charge in [-0.05, 0) is 99.4 Å². The molecule has 19 heteroatoms. The van der Waals surface area contributed by atoms with E-state index in [0.717, 1.165) is 36.8 Å². The van der Waals surface area contributed by atoms with Gasteiger partial charge in [0.15, 0.2) is 11.6 Å². The zero-order chi connectivity index (χ0) is 45.8. The van der Waals surface area contributed by atoms with Gasteiger partial charge in [-0.3, -0.25) is 33.1 Å². The molecule has 342 valence electrons. The molecule has 2 saturated heterocycles. The lowest BCUT2D eigenvalue weighted by atomic mass is 9.90. The third-order valence-electron chi connectivity index (χ3n) is 15.2. The first-order valence-corrected chi connectivity index (χ1v) is 22.8. The molecule has 1 spiro atoms. The Morgan fingerprint density at radius 3 is 2.49 bits per heavy atom. The zero-order valence-electron chi connectivity index (χ0n) is 37.1. The molecule has 6 aromatic heterocycles. The normalized spacial score (nSPS) is 23.9. The number of carbonyl (C=O) groups excluding carboxylic acids is 1. The largest absolute Gasteiger partial charge is 0.438 e. The molecule has 3 aliphatic heterocycles. The van der Waals surface area contributed by atoms with E-state index in [1.54, 1.807) is 54.7 Å². The molecule has 1 N–H and O–H groups in total. The highest BCUT2D eigenvalue weighted by atomic mass is 19.1. The number of nitrogens with zero attached hydrogens (tertiary/aromatic N) is 10. The second kappa shape index (κ2) is 14.0. The molecule has 2 aromatic carbocycles. The van der Waals surface area contributed by atoms with E-state index in [2.05, 4.69) is 21.3 Å². The molecule has 2 aliphatic carbocycles. The molecular formula is C48H45F2N11O6. The van der Waals surface area contributed by atoms with Crippen LogP contribution in [-0.2, 0) is 28.5 Å². The van der Waals surface area contributed by atoms with Gasteiger partial charge in [-0.15, -0.1) is 0 Å². The van der Waals surface area contributed by atoms with Crippen LogP contribution in [0.5, 0.6) is 0 Å². The van der Waals surface area contributed by atoms with Crippen molar-refractivity contribution in [2.45, 2.75) is 88.4 Å². The Hall–Kier alpha value is -6.99. The highest BCUT2D eigenvalue weighted by Crippen LogP contribution is 2.56. The predicted molar refractivity (Wildman–Crippen MR) is 237 cm³/mol. The third-order valence-corrected chi connectivity index (χ3v) is 15.2. The van der Waals surface area contributed by atoms with Crippen LogP contribution in [0, 0.1) is 31.4 Å². The van der Waals surface area contributed by atoms with Crippen molar-refractivity contribution < 1.29 is 27.6 Å². The summed E-state index contributed by atoms with van der Waals surface area (Å²) in [6, 6.07) is 9.37. The lowest BCUT2D eigenvalue weighted by Crippen LogP contribution is -2.55. The number of aromatic nitrogens is 10. The minimum absolute atomic E-state index is 0.0292. The quantitative estimate of drug-likeness (QED) is 0.200. The number of aromatic amines is 1. The van der Waals surface area contributed by atoms with Crippen LogP contribution in [0.15, 0.2) is 75.3 Å². The highest BCUT2D eigenvalue weighted by Gasteiger charge is 2.60. The number of imidazole rings is 1. The summed E-state index contributed by atoms with van der Waals surface area (Å²) in [5, 5.41) is 14.6. The van der Waals surface area contributed by atoms with E-state index >= 15 is 13.6 Å². The van der Waals surface area contributed by atoms with Gasteiger partial charge < -0.3 is 18.9 Å². The number of halogens is 2. The monoisotopic (exact) mass is 909 g/mol. The fraction of sp³-hybridized carbons (Fsp3) is 0.396. The zero-order valence-corrected chi connectivity index (χ0v) is 37.1. The Kier molecular flexibility index (Phi) is 8.43. The molecule has 67 heavy (non-hydrogen) atoms. The van der Waals surface area contributed by atoms with Crippen molar-refractivity contribution in [3.8, 4) is 17.2 Å². The second-order valence-electron chi connectivity index (χ2n) is 19.3. The summed E-state index contributed by atoms with van der Waals surface area (Å²) in [6.07, 6.45) is 11.0. The highest BCUT2D eigenvalue weighted by molar-refractivity contribution is 6.00. The van der Waals surface area contributed by atoms with Crippen molar-refractivity contribution in [3.05, 3.63) is 133 Å². The summed E-state index contributed by atoms with van der Waals surface area (Å²) < 4.78 is 56.7. The van der Waals surface area contributed by atoms with Crippen LogP contribution >= 0.6 is 0 Å². The topological polar surface area (TPSA) is 178 Å². The van der Waals surface area contributed by atoms with E-state index in [9.17, 15) is 9.59 Å². The van der Waals surface area contributed by atoms with Gasteiger partial charge in [0, 0.05) is 55.0 Å². The summed E-state index contributed by atoms with van der Waals surface area (Å²) in [7, 11) is 1.72. The van der Waals surface area contributed by atoms with Crippen molar-refractivity contribution >= 4 is 27.7 Å². The maximum absolute atomic E-state index is 16.2. The number of nitrogens with one attached hydrogen (secondary N) is 1. The fourth-order valence-corrected chi connectivity index (χ4v) is 11.6. The van der Waals surface area contributed by atoms with Crippen LogP contribution in [0.4, 0.5) is 8.78 Å². The van der Waals surface area contributed by atoms with E-state index in [4.69, 9.17) is 24.1 Å². The second-order valence-corrected chi connectivity index (χ2v) is 19.3. The standard InChI is InChI=1S/C48H45F2N11O6/c1-24-13-29(14-25(2)40(24)49)61-42(58-11-10-57(46(58)64)35-6-5-34-31(41(35)50)20-52-56(34)4)39-33(54-61)17-30-22-65-23-38(39)59(30)43(62)36-16-28-15-32(27-7-12-66-47(19-27)8-9-47)51-21-37(28)60(36)48(18-26(48)3)44-53-45(63)67-55-44/h5-6,10-11,13-16,20-21,26-27,30,38H,7-9,12,17-19,22-23H2,1-4H3,(H,53,55,63)/t26-,27-,30-,38-,48-/m0/s1. The number of morpholine rings is 1. The molecule has 13 rings (SSSR count). The Balaban J connectivity index is 0.979. The van der Waals surface area contributed by atoms with Crippen molar-refractivity contribution in [1.29, 1.82) is 0 Å². The number of carbonyl (C=O) groups is 1. The van der Waals surface area contributed by atoms with E-state index in [0.29, 0.717) is 69.5 Å². The van der Waals surface area contributed by atoms with Crippen molar-refractivity contribution in [1.82, 2.24) is 53.3 Å².